The van der Waals surface area contributed by atoms with E-state index in [1.165, 1.54) is 17.0 Å². The lowest BCUT2D eigenvalue weighted by atomic mass is 9.76. The van der Waals surface area contributed by atoms with E-state index >= 15 is 0 Å². The van der Waals surface area contributed by atoms with Crippen LogP contribution in [0.15, 0.2) is 72.8 Å². The molecule has 2 fully saturated rings. The molecule has 1 N–H and O–H groups in total. The van der Waals surface area contributed by atoms with Crippen LogP contribution in [0.2, 0.25) is 0 Å². The zero-order valence-corrected chi connectivity index (χ0v) is 19.8. The summed E-state index contributed by atoms with van der Waals surface area (Å²) in [5, 5.41) is 3.37. The van der Waals surface area contributed by atoms with E-state index in [1.807, 2.05) is 31.2 Å². The van der Waals surface area contributed by atoms with Crippen LogP contribution in [-0.4, -0.2) is 30.9 Å². The number of amides is 3. The van der Waals surface area contributed by atoms with Gasteiger partial charge in [-0.25, -0.2) is 9.29 Å². The van der Waals surface area contributed by atoms with Gasteiger partial charge >= 0.3 is 0 Å². The summed E-state index contributed by atoms with van der Waals surface area (Å²) in [5.41, 5.74) is 1.19. The third-order valence-electron chi connectivity index (χ3n) is 7.60. The number of carbonyl (C=O) groups excluding carboxylic acids is 3. The Morgan fingerprint density at radius 2 is 1.64 bits per heavy atom. The molecule has 0 saturated carbocycles. The molecule has 0 aromatic heterocycles. The summed E-state index contributed by atoms with van der Waals surface area (Å²) >= 11 is 0. The molecule has 3 aliphatic heterocycles. The molecular weight excluding hydrogens is 461 g/mol. The number of para-hydroxylation sites is 1. The lowest BCUT2D eigenvalue weighted by molar-refractivity contribution is -0.132. The van der Waals surface area contributed by atoms with Gasteiger partial charge in [-0.1, -0.05) is 30.3 Å². The Bertz CT molecular complexity index is 1390. The Balaban J connectivity index is 1.43. The number of nitrogens with zero attached hydrogens (tertiary/aromatic N) is 2. The van der Waals surface area contributed by atoms with Crippen LogP contribution in [0.5, 0.6) is 5.75 Å². The molecule has 3 aromatic carbocycles. The molecule has 7 nitrogen and oxygen atoms in total. The van der Waals surface area contributed by atoms with Crippen molar-refractivity contribution < 1.29 is 23.5 Å². The van der Waals surface area contributed by atoms with E-state index in [1.54, 1.807) is 48.4 Å². The van der Waals surface area contributed by atoms with Gasteiger partial charge in [0, 0.05) is 17.3 Å². The first-order valence-corrected chi connectivity index (χ1v) is 11.8. The number of anilines is 2. The van der Waals surface area contributed by atoms with Crippen LogP contribution in [0.4, 0.5) is 15.8 Å². The first-order valence-electron chi connectivity index (χ1n) is 11.8. The zero-order chi connectivity index (χ0) is 25.2. The molecule has 182 valence electrons. The minimum absolute atomic E-state index is 0.218. The smallest absolute Gasteiger partial charge is 0.253 e. The molecule has 3 aromatic rings. The Hall–Kier alpha value is -4.04. The van der Waals surface area contributed by atoms with Crippen molar-refractivity contribution in [3.05, 3.63) is 89.7 Å². The highest BCUT2D eigenvalue weighted by Gasteiger charge is 2.71. The van der Waals surface area contributed by atoms with Crippen LogP contribution in [0.25, 0.3) is 0 Å². The molecule has 3 amide bonds. The van der Waals surface area contributed by atoms with E-state index in [0.717, 1.165) is 5.56 Å². The SMILES string of the molecule is COc1ccc(N2C(=O)[C@@H]3[C@H](C)N[C@@]4(C(=O)N(Cc5ccc(F)cc5)c5ccccc54)[C@@H]3C2=O)cc1. The largest absolute Gasteiger partial charge is 0.497 e. The maximum atomic E-state index is 14.2. The van der Waals surface area contributed by atoms with Crippen molar-refractivity contribution in [2.45, 2.75) is 25.0 Å². The Morgan fingerprint density at radius 3 is 2.33 bits per heavy atom. The molecular formula is C28H24FN3O4. The quantitative estimate of drug-likeness (QED) is 0.574. The van der Waals surface area contributed by atoms with Crippen molar-refractivity contribution in [2.24, 2.45) is 11.8 Å². The summed E-state index contributed by atoms with van der Waals surface area (Å²) in [6.07, 6.45) is 0. The van der Waals surface area contributed by atoms with Crippen LogP contribution >= 0.6 is 0 Å². The minimum atomic E-state index is -1.37. The zero-order valence-electron chi connectivity index (χ0n) is 19.8. The van der Waals surface area contributed by atoms with E-state index in [2.05, 4.69) is 5.32 Å². The first kappa shape index (κ1) is 22.4. The molecule has 3 aliphatic rings. The molecule has 3 heterocycles. The van der Waals surface area contributed by atoms with Crippen molar-refractivity contribution in [3.63, 3.8) is 0 Å². The van der Waals surface area contributed by atoms with Crippen LogP contribution in [0, 0.1) is 17.7 Å². The van der Waals surface area contributed by atoms with Gasteiger partial charge in [0.1, 0.15) is 17.1 Å². The third kappa shape index (κ3) is 2.97. The highest BCUT2D eigenvalue weighted by Crippen LogP contribution is 2.55. The molecule has 8 heteroatoms. The second-order valence-electron chi connectivity index (χ2n) is 9.49. The summed E-state index contributed by atoms with van der Waals surface area (Å²) in [7, 11) is 1.55. The number of ether oxygens (including phenoxy) is 1. The van der Waals surface area contributed by atoms with Crippen LogP contribution in [-0.2, 0) is 26.5 Å². The number of imide groups is 1. The van der Waals surface area contributed by atoms with E-state index in [-0.39, 0.29) is 24.2 Å². The minimum Gasteiger partial charge on any atom is -0.497 e. The number of rotatable bonds is 4. The molecule has 6 rings (SSSR count). The van der Waals surface area contributed by atoms with Crippen LogP contribution in [0.1, 0.15) is 18.1 Å². The fourth-order valence-corrected chi connectivity index (χ4v) is 6.02. The predicted octanol–water partition coefficient (Wildman–Crippen LogP) is 3.37. The Labute approximate surface area is 207 Å². The number of hydrogen-bond donors (Lipinski definition) is 1. The second kappa shape index (κ2) is 7.99. The summed E-state index contributed by atoms with van der Waals surface area (Å²) in [4.78, 5) is 44.6. The number of fused-ring (bicyclic) bond motifs is 4. The average Bonchev–Trinajstić information content (AvgIpc) is 3.44. The maximum absolute atomic E-state index is 14.2. The van der Waals surface area contributed by atoms with Crippen molar-refractivity contribution in [2.75, 3.05) is 16.9 Å². The number of halogens is 1. The first-order chi connectivity index (χ1) is 17.4. The highest BCUT2D eigenvalue weighted by atomic mass is 19.1. The maximum Gasteiger partial charge on any atom is 0.253 e. The van der Waals surface area contributed by atoms with Gasteiger partial charge < -0.3 is 9.64 Å². The van der Waals surface area contributed by atoms with Gasteiger partial charge in [-0.05, 0) is 55.0 Å². The van der Waals surface area contributed by atoms with Gasteiger partial charge in [0.25, 0.3) is 5.91 Å². The molecule has 0 unspecified atom stereocenters. The van der Waals surface area contributed by atoms with Crippen LogP contribution < -0.4 is 19.9 Å². The van der Waals surface area contributed by atoms with Crippen molar-refractivity contribution in [1.82, 2.24) is 5.32 Å². The van der Waals surface area contributed by atoms with E-state index in [0.29, 0.717) is 22.7 Å². The number of methoxy groups -OCH3 is 1. The predicted molar refractivity (Wildman–Crippen MR) is 131 cm³/mol. The third-order valence-corrected chi connectivity index (χ3v) is 7.60. The number of nitrogens with one attached hydrogen (secondary N) is 1. The summed E-state index contributed by atoms with van der Waals surface area (Å²) in [5.74, 6) is -2.35. The number of benzene rings is 3. The molecule has 0 bridgehead atoms. The lowest BCUT2D eigenvalue weighted by Gasteiger charge is -2.30. The van der Waals surface area contributed by atoms with Gasteiger partial charge in [0.15, 0.2) is 0 Å². The number of hydrogen-bond acceptors (Lipinski definition) is 5. The van der Waals surface area contributed by atoms with Gasteiger partial charge in [-0.2, -0.15) is 0 Å². The van der Waals surface area contributed by atoms with Gasteiger partial charge in [-0.3, -0.25) is 19.7 Å². The van der Waals surface area contributed by atoms with E-state index in [9.17, 15) is 18.8 Å². The standard InChI is InChI=1S/C28H24FN3O4/c1-16-23-24(26(34)32(25(23)33)19-11-13-20(36-2)14-12-19)28(30-16)21-5-3-4-6-22(21)31(27(28)35)15-17-7-9-18(29)10-8-17/h3-14,16,23-24,30H,15H2,1-2H3/t16-,23+,24-,28+/m0/s1. The molecule has 36 heavy (non-hydrogen) atoms. The summed E-state index contributed by atoms with van der Waals surface area (Å²) in [6, 6.07) is 19.7. The fraction of sp³-hybridized carbons (Fsp3) is 0.250. The van der Waals surface area contributed by atoms with E-state index in [4.69, 9.17) is 4.74 Å². The summed E-state index contributed by atoms with van der Waals surface area (Å²) < 4.78 is 18.7. The molecule has 1 spiro atoms. The highest BCUT2D eigenvalue weighted by molar-refractivity contribution is 6.26. The topological polar surface area (TPSA) is 79.0 Å². The fourth-order valence-electron chi connectivity index (χ4n) is 6.02. The Kier molecular flexibility index (Phi) is 4.98. The average molecular weight is 486 g/mol. The van der Waals surface area contributed by atoms with Crippen molar-refractivity contribution in [3.8, 4) is 5.75 Å². The molecule has 4 atom stereocenters. The van der Waals surface area contributed by atoms with Gasteiger partial charge in [0.2, 0.25) is 11.8 Å². The molecule has 0 radical (unpaired) electrons. The Morgan fingerprint density at radius 1 is 0.944 bits per heavy atom. The van der Waals surface area contributed by atoms with Crippen LogP contribution in [0.3, 0.4) is 0 Å². The van der Waals surface area contributed by atoms with Gasteiger partial charge in [0.05, 0.1) is 31.2 Å². The number of carbonyl (C=O) groups is 3. The normalized spacial score (nSPS) is 26.6. The second-order valence-corrected chi connectivity index (χ2v) is 9.49. The lowest BCUT2D eigenvalue weighted by Crippen LogP contribution is -2.54. The van der Waals surface area contributed by atoms with Crippen molar-refractivity contribution >= 4 is 29.1 Å². The van der Waals surface area contributed by atoms with E-state index < -0.39 is 29.3 Å². The monoisotopic (exact) mass is 485 g/mol. The van der Waals surface area contributed by atoms with Crippen molar-refractivity contribution in [1.29, 1.82) is 0 Å². The molecule has 2 saturated heterocycles. The summed E-state index contributed by atoms with van der Waals surface area (Å²) in [6.45, 7) is 2.06. The van der Waals surface area contributed by atoms with Gasteiger partial charge in [-0.15, -0.1) is 0 Å². The molecule has 0 aliphatic carbocycles.